The van der Waals surface area contributed by atoms with E-state index < -0.39 is 35.8 Å². The number of alkyl halides is 3. The number of hydrogen-bond donors (Lipinski definition) is 4. The van der Waals surface area contributed by atoms with Crippen LogP contribution in [0.4, 0.5) is 18.0 Å². The number of amides is 2. The fourth-order valence-corrected chi connectivity index (χ4v) is 2.92. The van der Waals surface area contributed by atoms with Crippen molar-refractivity contribution in [1.29, 1.82) is 0 Å². The highest BCUT2D eigenvalue weighted by Crippen LogP contribution is 2.19. The van der Waals surface area contributed by atoms with Crippen molar-refractivity contribution in [3.63, 3.8) is 0 Å². The molecule has 11 nitrogen and oxygen atoms in total. The van der Waals surface area contributed by atoms with Crippen molar-refractivity contribution in [2.75, 3.05) is 0 Å². The minimum atomic E-state index is -5.08. The summed E-state index contributed by atoms with van der Waals surface area (Å²) in [7, 11) is 0. The number of hydrogen-bond acceptors (Lipinski definition) is 7. The van der Waals surface area contributed by atoms with Crippen molar-refractivity contribution in [1.82, 2.24) is 30.8 Å². The molecule has 0 spiro atoms. The number of carboxylic acids is 1. The van der Waals surface area contributed by atoms with Gasteiger partial charge in [0.05, 0.1) is 6.54 Å². The topological polar surface area (TPSA) is 159 Å². The minimum absolute atomic E-state index is 0.111. The van der Waals surface area contributed by atoms with E-state index in [1.54, 1.807) is 69.6 Å². The molecule has 2 aromatic heterocycles. The van der Waals surface area contributed by atoms with Crippen molar-refractivity contribution in [3.05, 3.63) is 64.7 Å². The number of carbonyl (C=O) groups is 3. The van der Waals surface area contributed by atoms with Gasteiger partial charge in [-0.2, -0.15) is 18.3 Å². The number of nitrogens with one attached hydrogen (secondary N) is 3. The van der Waals surface area contributed by atoms with Crippen LogP contribution < -0.4 is 10.6 Å². The summed E-state index contributed by atoms with van der Waals surface area (Å²) < 4.78 is 37.9. The lowest BCUT2D eigenvalue weighted by molar-refractivity contribution is -0.192. The predicted molar refractivity (Wildman–Crippen MR) is 131 cm³/mol. The van der Waals surface area contributed by atoms with Gasteiger partial charge in [0.1, 0.15) is 17.5 Å². The van der Waals surface area contributed by atoms with Gasteiger partial charge in [0.2, 0.25) is 5.91 Å². The van der Waals surface area contributed by atoms with E-state index in [0.717, 1.165) is 10.0 Å². The van der Waals surface area contributed by atoms with Crippen LogP contribution in [-0.4, -0.2) is 55.0 Å². The Labute approximate surface area is 223 Å². The summed E-state index contributed by atoms with van der Waals surface area (Å²) in [4.78, 5) is 42.4. The molecule has 1 unspecified atom stereocenters. The summed E-state index contributed by atoms with van der Waals surface area (Å²) in [5.41, 5.74) is 0.735. The van der Waals surface area contributed by atoms with Gasteiger partial charge in [0, 0.05) is 22.4 Å². The Morgan fingerprint density at radius 1 is 1.08 bits per heavy atom. The van der Waals surface area contributed by atoms with E-state index in [9.17, 15) is 22.8 Å². The monoisotopic (exact) mass is 600 g/mol. The molecular formula is C23H24BrF3N6O5. The second-order valence-corrected chi connectivity index (χ2v) is 9.41. The molecule has 0 saturated heterocycles. The maximum Gasteiger partial charge on any atom is 0.490 e. The molecule has 15 heteroatoms. The Bertz CT molecular complexity index is 1230. The number of carboxylic acid groups (broad SMARTS) is 1. The molecule has 0 aliphatic heterocycles. The first-order chi connectivity index (χ1) is 17.7. The number of pyridine rings is 1. The van der Waals surface area contributed by atoms with Crippen molar-refractivity contribution < 1.29 is 37.4 Å². The van der Waals surface area contributed by atoms with Gasteiger partial charge in [0.15, 0.2) is 5.82 Å². The highest BCUT2D eigenvalue weighted by atomic mass is 79.9. The number of nitrogens with zero attached hydrogens (tertiary/aromatic N) is 3. The standard InChI is InChI=1S/C21H23BrN6O3.C2HF3O2/c1-21(2,3)31-20(30)26-17(13-4-6-15(22)7-5-13)19(29)24-12-16-25-18(28-27-16)14-8-10-23-11-9-14;3-2(4,5)1(6)7/h4-11,17H,12H2,1-3H3,(H,24,29)(H,26,30)(H,25,27,28);(H,6,7). The number of aliphatic carboxylic acids is 1. The van der Waals surface area contributed by atoms with Gasteiger partial charge < -0.3 is 20.5 Å². The van der Waals surface area contributed by atoms with Crippen LogP contribution in [-0.2, 0) is 20.9 Å². The molecule has 1 aromatic carbocycles. The summed E-state index contributed by atoms with van der Waals surface area (Å²) in [5.74, 6) is -2.18. The second kappa shape index (κ2) is 13.0. The third-order valence-corrected chi connectivity index (χ3v) is 4.80. The molecule has 2 amide bonds. The van der Waals surface area contributed by atoms with E-state index in [4.69, 9.17) is 14.6 Å². The lowest BCUT2D eigenvalue weighted by Gasteiger charge is -2.23. The second-order valence-electron chi connectivity index (χ2n) is 8.49. The van der Waals surface area contributed by atoms with Gasteiger partial charge >= 0.3 is 18.2 Å². The predicted octanol–water partition coefficient (Wildman–Crippen LogP) is 4.14. The van der Waals surface area contributed by atoms with Crippen LogP contribution in [0.2, 0.25) is 0 Å². The van der Waals surface area contributed by atoms with Crippen molar-refractivity contribution >= 4 is 33.9 Å². The Balaban J connectivity index is 0.000000638. The lowest BCUT2D eigenvalue weighted by atomic mass is 10.1. The normalized spacial score (nSPS) is 12.0. The quantitative estimate of drug-likeness (QED) is 0.328. The van der Waals surface area contributed by atoms with Crippen LogP contribution in [0.15, 0.2) is 53.3 Å². The molecule has 3 aromatic rings. The average molecular weight is 601 g/mol. The van der Waals surface area contributed by atoms with Gasteiger partial charge in [-0.3, -0.25) is 14.9 Å². The van der Waals surface area contributed by atoms with Crippen LogP contribution >= 0.6 is 15.9 Å². The van der Waals surface area contributed by atoms with E-state index in [1.165, 1.54) is 0 Å². The molecule has 0 fully saturated rings. The first-order valence-corrected chi connectivity index (χ1v) is 11.6. The van der Waals surface area contributed by atoms with Crippen LogP contribution in [0.25, 0.3) is 11.4 Å². The number of rotatable bonds is 6. The zero-order valence-corrected chi connectivity index (χ0v) is 21.9. The molecule has 0 aliphatic carbocycles. The largest absolute Gasteiger partial charge is 0.490 e. The fraction of sp³-hybridized carbons (Fsp3) is 0.304. The van der Waals surface area contributed by atoms with Crippen molar-refractivity contribution in [3.8, 4) is 11.4 Å². The highest BCUT2D eigenvalue weighted by Gasteiger charge is 2.38. The van der Waals surface area contributed by atoms with E-state index in [2.05, 4.69) is 46.7 Å². The maximum atomic E-state index is 12.9. The molecular weight excluding hydrogens is 577 g/mol. The Hall–Kier alpha value is -4.01. The first kappa shape index (κ1) is 30.2. The van der Waals surface area contributed by atoms with E-state index in [-0.39, 0.29) is 6.54 Å². The molecule has 4 N–H and O–H groups in total. The van der Waals surface area contributed by atoms with Gasteiger partial charge in [-0.15, -0.1) is 0 Å². The number of halogens is 4. The van der Waals surface area contributed by atoms with Crippen LogP contribution in [0.5, 0.6) is 0 Å². The summed E-state index contributed by atoms with van der Waals surface area (Å²) in [5, 5.41) is 19.5. The summed E-state index contributed by atoms with van der Waals surface area (Å²) in [6, 6.07) is 9.74. The number of carbonyl (C=O) groups excluding carboxylic acids is 2. The number of aromatic amines is 1. The molecule has 1 atom stereocenters. The smallest absolute Gasteiger partial charge is 0.475 e. The van der Waals surface area contributed by atoms with Crippen molar-refractivity contribution in [2.24, 2.45) is 0 Å². The Kier molecular flexibility index (Phi) is 10.3. The molecule has 2 heterocycles. The summed E-state index contributed by atoms with van der Waals surface area (Å²) in [6.07, 6.45) is -2.47. The number of alkyl carbamates (subject to hydrolysis) is 1. The van der Waals surface area contributed by atoms with Crippen LogP contribution in [0.3, 0.4) is 0 Å². The molecule has 0 bridgehead atoms. The molecule has 38 heavy (non-hydrogen) atoms. The molecule has 0 saturated carbocycles. The summed E-state index contributed by atoms with van der Waals surface area (Å²) in [6.45, 7) is 5.38. The van der Waals surface area contributed by atoms with E-state index in [0.29, 0.717) is 17.2 Å². The Morgan fingerprint density at radius 2 is 1.66 bits per heavy atom. The van der Waals surface area contributed by atoms with E-state index in [1.807, 2.05) is 0 Å². The Morgan fingerprint density at radius 3 is 2.18 bits per heavy atom. The fourth-order valence-electron chi connectivity index (χ4n) is 2.66. The third-order valence-electron chi connectivity index (χ3n) is 4.27. The molecule has 3 rings (SSSR count). The summed E-state index contributed by atoms with van der Waals surface area (Å²) >= 11 is 3.37. The molecule has 0 aliphatic rings. The highest BCUT2D eigenvalue weighted by molar-refractivity contribution is 9.10. The van der Waals surface area contributed by atoms with Gasteiger partial charge in [0.25, 0.3) is 0 Å². The van der Waals surface area contributed by atoms with Gasteiger partial charge in [-0.05, 0) is 50.6 Å². The maximum absolute atomic E-state index is 12.9. The number of benzene rings is 1. The number of aromatic nitrogens is 4. The first-order valence-electron chi connectivity index (χ1n) is 10.8. The third kappa shape index (κ3) is 10.2. The van der Waals surface area contributed by atoms with Crippen molar-refractivity contribution in [2.45, 2.75) is 45.1 Å². The average Bonchev–Trinajstić information content (AvgIpc) is 3.30. The van der Waals surface area contributed by atoms with E-state index >= 15 is 0 Å². The van der Waals surface area contributed by atoms with Gasteiger partial charge in [-0.25, -0.2) is 14.6 Å². The number of ether oxygens (including phenoxy) is 1. The molecule has 204 valence electrons. The minimum Gasteiger partial charge on any atom is -0.475 e. The lowest BCUT2D eigenvalue weighted by Crippen LogP contribution is -2.42. The zero-order valence-electron chi connectivity index (χ0n) is 20.3. The van der Waals surface area contributed by atoms with Crippen LogP contribution in [0.1, 0.15) is 38.2 Å². The SMILES string of the molecule is CC(C)(C)OC(=O)NC(C(=O)NCc1nc(-c2ccncc2)n[nH]1)c1ccc(Br)cc1.O=C(O)C(F)(F)F. The molecule has 0 radical (unpaired) electrons. The van der Waals surface area contributed by atoms with Crippen LogP contribution in [0, 0.1) is 0 Å². The van der Waals surface area contributed by atoms with Gasteiger partial charge in [-0.1, -0.05) is 28.1 Å². The zero-order chi connectivity index (χ0) is 28.5. The number of H-pyrrole nitrogens is 1.